The molecule has 0 aliphatic rings. The fourth-order valence-corrected chi connectivity index (χ4v) is 1.58. The summed E-state index contributed by atoms with van der Waals surface area (Å²) in [6, 6.07) is 4.04. The largest absolute Gasteiger partial charge is 0.478 e. The lowest BCUT2D eigenvalue weighted by atomic mass is 10.2. The van der Waals surface area contributed by atoms with E-state index in [1.54, 1.807) is 0 Å². The molecule has 1 heterocycles. The van der Waals surface area contributed by atoms with E-state index in [0.29, 0.717) is 0 Å². The van der Waals surface area contributed by atoms with Gasteiger partial charge in [-0.2, -0.15) is 0 Å². The van der Waals surface area contributed by atoms with E-state index in [-0.39, 0.29) is 22.1 Å². The predicted molar refractivity (Wildman–Crippen MR) is 65.8 cm³/mol. The lowest BCUT2D eigenvalue weighted by molar-refractivity contribution is 0.0696. The Hall–Kier alpha value is -2.21. The van der Waals surface area contributed by atoms with Gasteiger partial charge in [-0.1, -0.05) is 11.6 Å². The summed E-state index contributed by atoms with van der Waals surface area (Å²) in [7, 11) is 0. The van der Waals surface area contributed by atoms with Gasteiger partial charge in [-0.15, -0.1) is 0 Å². The highest BCUT2D eigenvalue weighted by Gasteiger charge is 2.11. The molecule has 4 nitrogen and oxygen atoms in total. The summed E-state index contributed by atoms with van der Waals surface area (Å²) in [6.45, 7) is 0. The summed E-state index contributed by atoms with van der Waals surface area (Å²) in [4.78, 5) is 14.4. The Morgan fingerprint density at radius 1 is 1.32 bits per heavy atom. The number of benzene rings is 1. The highest BCUT2D eigenvalue weighted by molar-refractivity contribution is 6.33. The van der Waals surface area contributed by atoms with Gasteiger partial charge in [-0.3, -0.25) is 0 Å². The number of hydrogen-bond acceptors (Lipinski definition) is 3. The number of carbonyl (C=O) groups is 1. The number of carboxylic acid groups (broad SMARTS) is 1. The number of hydrogen-bond donors (Lipinski definition) is 2. The molecule has 0 aliphatic carbocycles. The summed E-state index contributed by atoms with van der Waals surface area (Å²) in [6.07, 6.45) is 1.06. The Morgan fingerprint density at radius 3 is 2.68 bits per heavy atom. The number of anilines is 2. The van der Waals surface area contributed by atoms with Gasteiger partial charge in [0.2, 0.25) is 0 Å². The summed E-state index contributed by atoms with van der Waals surface area (Å²) in [5.41, 5.74) is -0.243. The van der Waals surface area contributed by atoms with Gasteiger partial charge in [0.05, 0.1) is 16.3 Å². The second kappa shape index (κ2) is 5.19. The number of halogens is 3. The fourth-order valence-electron chi connectivity index (χ4n) is 1.37. The Labute approximate surface area is 111 Å². The maximum absolute atomic E-state index is 13.4. The predicted octanol–water partition coefficient (Wildman–Crippen LogP) is 3.46. The molecule has 0 saturated heterocycles. The van der Waals surface area contributed by atoms with Gasteiger partial charge in [0.1, 0.15) is 17.5 Å². The van der Waals surface area contributed by atoms with Crippen LogP contribution in [0.4, 0.5) is 20.3 Å². The monoisotopic (exact) mass is 284 g/mol. The minimum atomic E-state index is -1.18. The molecule has 2 rings (SSSR count). The zero-order chi connectivity index (χ0) is 14.0. The van der Waals surface area contributed by atoms with Crippen LogP contribution in [0, 0.1) is 11.6 Å². The van der Waals surface area contributed by atoms with Crippen molar-refractivity contribution in [1.29, 1.82) is 0 Å². The summed E-state index contributed by atoms with van der Waals surface area (Å²) in [5, 5.41) is 11.2. The van der Waals surface area contributed by atoms with Crippen LogP contribution in [0.25, 0.3) is 0 Å². The van der Waals surface area contributed by atoms with E-state index < -0.39 is 17.6 Å². The molecule has 0 amide bonds. The molecule has 1 aromatic carbocycles. The van der Waals surface area contributed by atoms with Crippen LogP contribution in [0.1, 0.15) is 10.4 Å². The lowest BCUT2D eigenvalue weighted by Crippen LogP contribution is -2.01. The topological polar surface area (TPSA) is 62.2 Å². The number of nitrogens with one attached hydrogen (secondary N) is 1. The van der Waals surface area contributed by atoms with Crippen LogP contribution in [0.3, 0.4) is 0 Å². The molecule has 0 atom stereocenters. The molecular weight excluding hydrogens is 278 g/mol. The molecule has 0 fully saturated rings. The maximum Gasteiger partial charge on any atom is 0.337 e. The van der Waals surface area contributed by atoms with Crippen molar-refractivity contribution in [3.05, 3.63) is 52.7 Å². The van der Waals surface area contributed by atoms with E-state index in [1.807, 2.05) is 0 Å². The van der Waals surface area contributed by atoms with Gasteiger partial charge in [0.25, 0.3) is 0 Å². The zero-order valence-electron chi connectivity index (χ0n) is 9.32. The van der Waals surface area contributed by atoms with Crippen LogP contribution in [0.15, 0.2) is 30.5 Å². The Balaban J connectivity index is 2.33. The second-order valence-electron chi connectivity index (χ2n) is 3.61. The third-order valence-corrected chi connectivity index (χ3v) is 2.56. The van der Waals surface area contributed by atoms with Crippen molar-refractivity contribution in [2.24, 2.45) is 0 Å². The number of carboxylic acids is 1. The molecule has 0 aliphatic heterocycles. The number of nitrogens with zero attached hydrogens (tertiary/aromatic N) is 1. The molecule has 0 saturated carbocycles. The van der Waals surface area contributed by atoms with Crippen molar-refractivity contribution in [2.45, 2.75) is 0 Å². The second-order valence-corrected chi connectivity index (χ2v) is 4.02. The van der Waals surface area contributed by atoms with Crippen molar-refractivity contribution in [3.63, 3.8) is 0 Å². The Kier molecular flexibility index (Phi) is 3.62. The molecule has 2 N–H and O–H groups in total. The van der Waals surface area contributed by atoms with E-state index in [4.69, 9.17) is 16.7 Å². The van der Waals surface area contributed by atoms with E-state index in [0.717, 1.165) is 30.5 Å². The molecule has 0 unspecified atom stereocenters. The highest BCUT2D eigenvalue weighted by Crippen LogP contribution is 2.26. The third-order valence-electron chi connectivity index (χ3n) is 2.27. The van der Waals surface area contributed by atoms with Crippen LogP contribution in [0.2, 0.25) is 5.02 Å². The quantitative estimate of drug-likeness (QED) is 0.906. The standard InChI is InChI=1S/C12H7ClF2N2O2/c13-8-3-6(12(18)19)5-16-11(8)17-10-4-7(14)1-2-9(10)15/h1-5H,(H,16,17)(H,18,19). The number of aromatic nitrogens is 1. The van der Waals surface area contributed by atoms with Gasteiger partial charge in [0, 0.05) is 12.3 Å². The zero-order valence-corrected chi connectivity index (χ0v) is 10.1. The Bertz CT molecular complexity index is 650. The molecule has 2 aromatic rings. The van der Waals surface area contributed by atoms with Gasteiger partial charge in [-0.05, 0) is 18.2 Å². The lowest BCUT2D eigenvalue weighted by Gasteiger charge is -2.08. The SMILES string of the molecule is O=C(O)c1cnc(Nc2cc(F)ccc2F)c(Cl)c1. The van der Waals surface area contributed by atoms with Crippen LogP contribution in [0.5, 0.6) is 0 Å². The number of pyridine rings is 1. The van der Waals surface area contributed by atoms with E-state index in [1.165, 1.54) is 0 Å². The van der Waals surface area contributed by atoms with Crippen LogP contribution < -0.4 is 5.32 Å². The number of rotatable bonds is 3. The molecule has 0 radical (unpaired) electrons. The minimum absolute atomic E-state index is 0.0106. The molecule has 1 aromatic heterocycles. The Morgan fingerprint density at radius 2 is 2.05 bits per heavy atom. The molecule has 0 spiro atoms. The average Bonchev–Trinajstić information content (AvgIpc) is 2.36. The summed E-state index contributed by atoms with van der Waals surface area (Å²) in [5.74, 6) is -2.45. The smallest absolute Gasteiger partial charge is 0.337 e. The molecule has 7 heteroatoms. The van der Waals surface area contributed by atoms with Gasteiger partial charge >= 0.3 is 5.97 Å². The van der Waals surface area contributed by atoms with Crippen molar-refractivity contribution in [3.8, 4) is 0 Å². The highest BCUT2D eigenvalue weighted by atomic mass is 35.5. The van der Waals surface area contributed by atoms with Gasteiger partial charge in [0.15, 0.2) is 0 Å². The molecule has 98 valence electrons. The normalized spacial score (nSPS) is 10.3. The number of aromatic carboxylic acids is 1. The van der Waals surface area contributed by atoms with Crippen LogP contribution in [-0.2, 0) is 0 Å². The van der Waals surface area contributed by atoms with Crippen LogP contribution in [-0.4, -0.2) is 16.1 Å². The van der Waals surface area contributed by atoms with Crippen LogP contribution >= 0.6 is 11.6 Å². The minimum Gasteiger partial charge on any atom is -0.478 e. The first-order valence-corrected chi connectivity index (χ1v) is 5.46. The maximum atomic E-state index is 13.4. The molecule has 0 bridgehead atoms. The van der Waals surface area contributed by atoms with E-state index in [9.17, 15) is 13.6 Å². The van der Waals surface area contributed by atoms with E-state index >= 15 is 0 Å². The molecule has 19 heavy (non-hydrogen) atoms. The first-order chi connectivity index (χ1) is 8.97. The van der Waals surface area contributed by atoms with E-state index in [2.05, 4.69) is 10.3 Å². The molecular formula is C12H7ClF2N2O2. The fraction of sp³-hybridized carbons (Fsp3) is 0. The first-order valence-electron chi connectivity index (χ1n) is 5.08. The first kappa shape index (κ1) is 13.2. The van der Waals surface area contributed by atoms with Crippen molar-refractivity contribution >= 4 is 29.1 Å². The third kappa shape index (κ3) is 2.97. The van der Waals surface area contributed by atoms with Gasteiger partial charge in [-0.25, -0.2) is 18.6 Å². The van der Waals surface area contributed by atoms with Crippen molar-refractivity contribution in [2.75, 3.05) is 5.32 Å². The van der Waals surface area contributed by atoms with Crippen molar-refractivity contribution < 1.29 is 18.7 Å². The average molecular weight is 285 g/mol. The summed E-state index contributed by atoms with van der Waals surface area (Å²) < 4.78 is 26.4. The van der Waals surface area contributed by atoms with Gasteiger partial charge < -0.3 is 10.4 Å². The summed E-state index contributed by atoms with van der Waals surface area (Å²) >= 11 is 5.81. The van der Waals surface area contributed by atoms with Crippen molar-refractivity contribution in [1.82, 2.24) is 4.98 Å².